The van der Waals surface area contributed by atoms with Crippen molar-refractivity contribution in [1.29, 1.82) is 0 Å². The topological polar surface area (TPSA) is 40.5 Å². The second-order valence-electron chi connectivity index (χ2n) is 4.99. The molecule has 2 saturated carbocycles. The van der Waals surface area contributed by atoms with Gasteiger partial charge in [0.25, 0.3) is 0 Å². The number of aliphatic hydroxyl groups is 2. The molecule has 1 aromatic carbocycles. The number of hydrogen-bond acceptors (Lipinski definition) is 2. The molecule has 2 aliphatic rings. The van der Waals surface area contributed by atoms with Gasteiger partial charge in [0.15, 0.2) is 0 Å². The van der Waals surface area contributed by atoms with Gasteiger partial charge in [0, 0.05) is 12.3 Å². The fraction of sp³-hybridized carbons (Fsp3) is 0.158. The van der Waals surface area contributed by atoms with Crippen molar-refractivity contribution in [2.24, 2.45) is 0 Å². The van der Waals surface area contributed by atoms with Crippen molar-refractivity contribution >= 4 is 0 Å². The van der Waals surface area contributed by atoms with Gasteiger partial charge >= 0.3 is 17.1 Å². The minimum absolute atomic E-state index is 0. The Balaban J connectivity index is 0.000000344. The predicted octanol–water partition coefficient (Wildman–Crippen LogP) is 2.38. The molecule has 10 radical (unpaired) electrons. The minimum Gasteiger partial charge on any atom is -0.393 e. The molecule has 0 saturated heterocycles. The maximum absolute atomic E-state index is 10.4. The van der Waals surface area contributed by atoms with E-state index in [9.17, 15) is 10.2 Å². The molecular weight excluding hydrogens is 316 g/mol. The van der Waals surface area contributed by atoms with Gasteiger partial charge in [0.1, 0.15) is 0 Å². The van der Waals surface area contributed by atoms with Gasteiger partial charge in [-0.15, -0.1) is 0 Å². The maximum atomic E-state index is 10.4. The molecule has 0 aliphatic heterocycles. The van der Waals surface area contributed by atoms with Crippen molar-refractivity contribution in [3.8, 4) is 0 Å². The summed E-state index contributed by atoms with van der Waals surface area (Å²) in [6.45, 7) is -0.272. The molecule has 2 fully saturated rings. The maximum Gasteiger partial charge on any atom is 2.00 e. The van der Waals surface area contributed by atoms with Crippen molar-refractivity contribution in [2.45, 2.75) is 12.0 Å². The van der Waals surface area contributed by atoms with Crippen LogP contribution in [0.4, 0.5) is 0 Å². The number of benzene rings is 1. The average molecular weight is 336 g/mol. The van der Waals surface area contributed by atoms with Gasteiger partial charge in [0.05, 0.1) is 12.2 Å². The standard InChI is InChI=1S/C14H15O2.C5H5.Fe/c15-11-14(16,13-8-4-5-9-13)10-12-6-2-1-3-7-12;1-2-4-5-3-1;/h1-9,15-16H,10-11H2;1-5H;/q;;+2/t14-;;/m0../s1. The van der Waals surface area contributed by atoms with Crippen molar-refractivity contribution in [2.75, 3.05) is 6.61 Å². The van der Waals surface area contributed by atoms with Crippen LogP contribution in [0.3, 0.4) is 0 Å². The fourth-order valence-electron chi connectivity index (χ4n) is 2.19. The Morgan fingerprint density at radius 1 is 0.773 bits per heavy atom. The molecule has 2 aliphatic carbocycles. The van der Waals surface area contributed by atoms with Crippen LogP contribution in [0.1, 0.15) is 5.56 Å². The van der Waals surface area contributed by atoms with Crippen molar-refractivity contribution in [1.82, 2.24) is 0 Å². The van der Waals surface area contributed by atoms with Crippen LogP contribution in [0.25, 0.3) is 0 Å². The third kappa shape index (κ3) is 6.04. The van der Waals surface area contributed by atoms with Crippen molar-refractivity contribution in [3.63, 3.8) is 0 Å². The number of hydrogen-bond donors (Lipinski definition) is 2. The molecule has 114 valence electrons. The zero-order chi connectivity index (χ0) is 15.0. The summed E-state index contributed by atoms with van der Waals surface area (Å²) in [7, 11) is 0. The van der Waals surface area contributed by atoms with E-state index in [1.165, 1.54) is 0 Å². The van der Waals surface area contributed by atoms with E-state index in [4.69, 9.17) is 0 Å². The summed E-state index contributed by atoms with van der Waals surface area (Å²) < 4.78 is 0. The van der Waals surface area contributed by atoms with Crippen LogP contribution < -0.4 is 0 Å². The smallest absolute Gasteiger partial charge is 0.393 e. The second-order valence-corrected chi connectivity index (χ2v) is 4.99. The largest absolute Gasteiger partial charge is 2.00 e. The minimum atomic E-state index is -1.18. The van der Waals surface area contributed by atoms with Crippen LogP contribution in [0.5, 0.6) is 0 Å². The Morgan fingerprint density at radius 3 is 1.73 bits per heavy atom. The zero-order valence-corrected chi connectivity index (χ0v) is 13.3. The summed E-state index contributed by atoms with van der Waals surface area (Å²) in [6, 6.07) is 9.69. The van der Waals surface area contributed by atoms with Gasteiger partial charge in [0.2, 0.25) is 0 Å². The Kier molecular flexibility index (Phi) is 9.35. The summed E-state index contributed by atoms with van der Waals surface area (Å²) in [4.78, 5) is 0. The molecule has 1 atom stereocenters. The van der Waals surface area contributed by atoms with Gasteiger partial charge in [-0.05, 0) is 63.4 Å². The van der Waals surface area contributed by atoms with Gasteiger partial charge in [-0.3, -0.25) is 0 Å². The average Bonchev–Trinajstić information content (AvgIpc) is 3.24. The Labute approximate surface area is 145 Å². The molecule has 0 bridgehead atoms. The van der Waals surface area contributed by atoms with E-state index in [1.54, 1.807) is 0 Å². The second kappa shape index (κ2) is 10.4. The Morgan fingerprint density at radius 2 is 1.27 bits per heavy atom. The molecule has 3 heteroatoms. The van der Waals surface area contributed by atoms with Crippen LogP contribution in [0.15, 0.2) is 30.3 Å². The van der Waals surface area contributed by atoms with Crippen LogP contribution in [0.2, 0.25) is 0 Å². The normalized spacial score (nSPS) is 20.6. The van der Waals surface area contributed by atoms with E-state index in [0.717, 1.165) is 11.5 Å². The van der Waals surface area contributed by atoms with Gasteiger partial charge in [-0.1, -0.05) is 30.3 Å². The van der Waals surface area contributed by atoms with Crippen LogP contribution in [-0.2, 0) is 23.5 Å². The SMILES string of the molecule is OC[C@@](O)(Cc1ccccc1)[C]1[CH][CH][CH][CH]1.[CH]1[CH][CH][CH][CH]1.[Fe+2]. The first-order chi connectivity index (χ1) is 10.2. The summed E-state index contributed by atoms with van der Waals surface area (Å²) in [5, 5.41) is 19.8. The molecule has 0 aromatic heterocycles. The predicted molar refractivity (Wildman–Crippen MR) is 84.1 cm³/mol. The summed E-state index contributed by atoms with van der Waals surface area (Å²) in [6.07, 6.45) is 17.8. The molecule has 3 rings (SSSR count). The van der Waals surface area contributed by atoms with Gasteiger partial charge in [-0.25, -0.2) is 0 Å². The summed E-state index contributed by atoms with van der Waals surface area (Å²) in [5.74, 6) is 0.763. The van der Waals surface area contributed by atoms with Crippen LogP contribution in [0, 0.1) is 63.7 Å². The van der Waals surface area contributed by atoms with Crippen molar-refractivity contribution in [3.05, 3.63) is 99.6 Å². The first-order valence-corrected chi connectivity index (χ1v) is 7.01. The zero-order valence-electron chi connectivity index (χ0n) is 12.2. The molecule has 22 heavy (non-hydrogen) atoms. The van der Waals surface area contributed by atoms with Crippen LogP contribution in [-0.4, -0.2) is 22.4 Å². The Hall–Kier alpha value is -0.341. The van der Waals surface area contributed by atoms with Crippen LogP contribution >= 0.6 is 0 Å². The first kappa shape index (κ1) is 19.7. The van der Waals surface area contributed by atoms with E-state index in [2.05, 4.69) is 0 Å². The molecule has 0 spiro atoms. The van der Waals surface area contributed by atoms with Crippen molar-refractivity contribution < 1.29 is 27.3 Å². The third-order valence-electron chi connectivity index (χ3n) is 3.36. The molecule has 0 amide bonds. The van der Waals surface area contributed by atoms with E-state index < -0.39 is 5.60 Å². The molecular formula is C19H20FeO2+2. The molecule has 2 N–H and O–H groups in total. The number of aliphatic hydroxyl groups excluding tert-OH is 1. The van der Waals surface area contributed by atoms with E-state index in [1.807, 2.05) is 88.1 Å². The Bertz CT molecular complexity index is 378. The molecule has 0 heterocycles. The van der Waals surface area contributed by atoms with E-state index in [0.29, 0.717) is 6.42 Å². The van der Waals surface area contributed by atoms with E-state index >= 15 is 0 Å². The monoisotopic (exact) mass is 336 g/mol. The van der Waals surface area contributed by atoms with E-state index in [-0.39, 0.29) is 23.7 Å². The quantitative estimate of drug-likeness (QED) is 0.829. The van der Waals surface area contributed by atoms with Gasteiger partial charge in [-0.2, -0.15) is 0 Å². The fourth-order valence-corrected chi connectivity index (χ4v) is 2.19. The van der Waals surface area contributed by atoms with Gasteiger partial charge < -0.3 is 10.2 Å². The number of rotatable bonds is 4. The molecule has 0 unspecified atom stereocenters. The molecule has 2 nitrogen and oxygen atoms in total. The summed E-state index contributed by atoms with van der Waals surface area (Å²) >= 11 is 0. The molecule has 1 aromatic rings. The third-order valence-corrected chi connectivity index (χ3v) is 3.36. The first-order valence-electron chi connectivity index (χ1n) is 7.01. The summed E-state index contributed by atoms with van der Waals surface area (Å²) in [5.41, 5.74) is -0.162.